The van der Waals surface area contributed by atoms with Crippen molar-refractivity contribution in [3.63, 3.8) is 0 Å². The molecule has 0 fully saturated rings. The standard InChI is InChI=1S/C18H20N2O2S/c1-5-20(14(4)21)18-19-16(11-23-18)8-9-17(22)15-7-6-12(2)13(3)10-15/h6-11H,5H2,1-4H3/b9-8+. The van der Waals surface area contributed by atoms with Crippen LogP contribution in [0.25, 0.3) is 6.08 Å². The number of hydrogen-bond donors (Lipinski definition) is 0. The molecular formula is C18H20N2O2S. The highest BCUT2D eigenvalue weighted by Gasteiger charge is 2.12. The van der Waals surface area contributed by atoms with Gasteiger partial charge in [-0.2, -0.15) is 0 Å². The lowest BCUT2D eigenvalue weighted by molar-refractivity contribution is -0.116. The Balaban J connectivity index is 2.14. The molecule has 1 aromatic heterocycles. The summed E-state index contributed by atoms with van der Waals surface area (Å²) in [5.41, 5.74) is 3.61. The third kappa shape index (κ3) is 4.13. The Morgan fingerprint density at radius 3 is 2.61 bits per heavy atom. The number of hydrogen-bond acceptors (Lipinski definition) is 4. The molecule has 0 aliphatic heterocycles. The Labute approximate surface area is 140 Å². The summed E-state index contributed by atoms with van der Waals surface area (Å²) in [6, 6.07) is 5.67. The number of aryl methyl sites for hydroxylation is 2. The van der Waals surface area contributed by atoms with Gasteiger partial charge in [-0.3, -0.25) is 14.5 Å². The average molecular weight is 328 g/mol. The van der Waals surface area contributed by atoms with Crippen LogP contribution >= 0.6 is 11.3 Å². The highest BCUT2D eigenvalue weighted by molar-refractivity contribution is 7.14. The van der Waals surface area contributed by atoms with Gasteiger partial charge in [-0.05, 0) is 50.1 Å². The second kappa shape index (κ2) is 7.33. The number of amides is 1. The van der Waals surface area contributed by atoms with Gasteiger partial charge in [0.2, 0.25) is 5.91 Å². The van der Waals surface area contributed by atoms with Crippen molar-refractivity contribution in [3.8, 4) is 0 Å². The van der Waals surface area contributed by atoms with Crippen LogP contribution in [-0.4, -0.2) is 23.2 Å². The van der Waals surface area contributed by atoms with E-state index in [0.29, 0.717) is 22.9 Å². The van der Waals surface area contributed by atoms with Crippen LogP contribution in [0.1, 0.15) is 41.0 Å². The highest BCUT2D eigenvalue weighted by Crippen LogP contribution is 2.21. The Morgan fingerprint density at radius 1 is 1.26 bits per heavy atom. The number of thiazole rings is 1. The fraction of sp³-hybridized carbons (Fsp3) is 0.278. The molecule has 0 aliphatic rings. The zero-order valence-corrected chi connectivity index (χ0v) is 14.6. The van der Waals surface area contributed by atoms with Crippen LogP contribution in [0.15, 0.2) is 29.7 Å². The number of rotatable bonds is 5. The minimum absolute atomic E-state index is 0.0383. The topological polar surface area (TPSA) is 50.3 Å². The molecule has 0 unspecified atom stereocenters. The molecule has 1 heterocycles. The summed E-state index contributed by atoms with van der Waals surface area (Å²) in [6.07, 6.45) is 3.21. The van der Waals surface area contributed by atoms with Crippen LogP contribution in [0.3, 0.4) is 0 Å². The maximum Gasteiger partial charge on any atom is 0.225 e. The quantitative estimate of drug-likeness (QED) is 0.615. The number of allylic oxidation sites excluding steroid dienone is 1. The molecule has 0 aliphatic carbocycles. The van der Waals surface area contributed by atoms with Crippen molar-refractivity contribution in [2.24, 2.45) is 0 Å². The third-order valence-corrected chi connectivity index (χ3v) is 4.52. The van der Waals surface area contributed by atoms with Crippen LogP contribution in [-0.2, 0) is 4.79 Å². The van der Waals surface area contributed by atoms with Gasteiger partial charge in [-0.15, -0.1) is 11.3 Å². The molecule has 0 saturated carbocycles. The number of anilines is 1. The van der Waals surface area contributed by atoms with E-state index in [0.717, 1.165) is 5.56 Å². The summed E-state index contributed by atoms with van der Waals surface area (Å²) >= 11 is 1.39. The molecule has 5 heteroatoms. The number of carbonyl (C=O) groups excluding carboxylic acids is 2. The Hall–Kier alpha value is -2.27. The molecular weight excluding hydrogens is 308 g/mol. The predicted octanol–water partition coefficient (Wildman–Crippen LogP) is 4.03. The summed E-state index contributed by atoms with van der Waals surface area (Å²) in [4.78, 5) is 29.7. The van der Waals surface area contributed by atoms with E-state index in [1.54, 1.807) is 11.0 Å². The summed E-state index contributed by atoms with van der Waals surface area (Å²) in [7, 11) is 0. The average Bonchev–Trinajstić information content (AvgIpc) is 2.96. The van der Waals surface area contributed by atoms with Gasteiger partial charge in [-0.1, -0.05) is 12.1 Å². The van der Waals surface area contributed by atoms with Crippen LogP contribution in [0, 0.1) is 13.8 Å². The number of aromatic nitrogens is 1. The van der Waals surface area contributed by atoms with Gasteiger partial charge in [-0.25, -0.2) is 4.98 Å². The van der Waals surface area contributed by atoms with Gasteiger partial charge in [0.05, 0.1) is 5.69 Å². The fourth-order valence-electron chi connectivity index (χ4n) is 2.12. The van der Waals surface area contributed by atoms with E-state index in [-0.39, 0.29) is 11.7 Å². The zero-order valence-electron chi connectivity index (χ0n) is 13.8. The van der Waals surface area contributed by atoms with Gasteiger partial charge in [0, 0.05) is 24.4 Å². The smallest absolute Gasteiger partial charge is 0.225 e. The molecule has 1 aromatic carbocycles. The number of carbonyl (C=O) groups is 2. The molecule has 120 valence electrons. The predicted molar refractivity (Wildman–Crippen MR) is 95.1 cm³/mol. The SMILES string of the molecule is CCN(C(C)=O)c1nc(/C=C/C(=O)c2ccc(C)c(C)c2)cs1. The normalized spacial score (nSPS) is 11.0. The molecule has 4 nitrogen and oxygen atoms in total. The minimum atomic E-state index is -0.0541. The Kier molecular flexibility index (Phi) is 5.45. The van der Waals surface area contributed by atoms with E-state index in [2.05, 4.69) is 4.98 Å². The first kappa shape index (κ1) is 17.1. The number of ketones is 1. The van der Waals surface area contributed by atoms with E-state index in [1.807, 2.05) is 44.4 Å². The van der Waals surface area contributed by atoms with Crippen molar-refractivity contribution in [2.75, 3.05) is 11.4 Å². The van der Waals surface area contributed by atoms with Gasteiger partial charge >= 0.3 is 0 Å². The van der Waals surface area contributed by atoms with Crippen molar-refractivity contribution in [1.82, 2.24) is 4.98 Å². The van der Waals surface area contributed by atoms with Gasteiger partial charge < -0.3 is 0 Å². The molecule has 23 heavy (non-hydrogen) atoms. The minimum Gasteiger partial charge on any atom is -0.289 e. The molecule has 0 atom stereocenters. The van der Waals surface area contributed by atoms with Crippen molar-refractivity contribution >= 4 is 34.2 Å². The fourth-order valence-corrected chi connectivity index (χ4v) is 3.02. The zero-order chi connectivity index (χ0) is 17.0. The number of benzene rings is 1. The summed E-state index contributed by atoms with van der Waals surface area (Å²) in [5, 5.41) is 2.49. The molecule has 0 saturated heterocycles. The van der Waals surface area contributed by atoms with E-state index >= 15 is 0 Å². The second-order valence-electron chi connectivity index (χ2n) is 5.31. The lowest BCUT2D eigenvalue weighted by Crippen LogP contribution is -2.27. The largest absolute Gasteiger partial charge is 0.289 e. The molecule has 1 amide bonds. The summed E-state index contributed by atoms with van der Waals surface area (Å²) < 4.78 is 0. The maximum atomic E-state index is 12.2. The maximum absolute atomic E-state index is 12.2. The van der Waals surface area contributed by atoms with Gasteiger partial charge in [0.1, 0.15) is 0 Å². The van der Waals surface area contributed by atoms with Crippen LogP contribution in [0.5, 0.6) is 0 Å². The van der Waals surface area contributed by atoms with Gasteiger partial charge in [0.15, 0.2) is 10.9 Å². The molecule has 2 rings (SSSR count). The summed E-state index contributed by atoms with van der Waals surface area (Å²) in [6.45, 7) is 8.01. The first-order chi connectivity index (χ1) is 10.9. The molecule has 2 aromatic rings. The van der Waals surface area contributed by atoms with E-state index in [1.165, 1.54) is 29.9 Å². The summed E-state index contributed by atoms with van der Waals surface area (Å²) in [5.74, 6) is -0.0925. The Morgan fingerprint density at radius 2 is 2.00 bits per heavy atom. The Bertz CT molecular complexity index is 762. The first-order valence-corrected chi connectivity index (χ1v) is 8.33. The van der Waals surface area contributed by atoms with E-state index < -0.39 is 0 Å². The highest BCUT2D eigenvalue weighted by atomic mass is 32.1. The molecule has 0 spiro atoms. The van der Waals surface area contributed by atoms with Gasteiger partial charge in [0.25, 0.3) is 0 Å². The second-order valence-corrected chi connectivity index (χ2v) is 6.15. The van der Waals surface area contributed by atoms with Crippen LogP contribution in [0.4, 0.5) is 5.13 Å². The molecule has 0 bridgehead atoms. The molecule has 0 N–H and O–H groups in total. The number of nitrogens with zero attached hydrogens (tertiary/aromatic N) is 2. The van der Waals surface area contributed by atoms with Crippen LogP contribution < -0.4 is 4.90 Å². The van der Waals surface area contributed by atoms with Crippen molar-refractivity contribution < 1.29 is 9.59 Å². The molecule has 0 radical (unpaired) electrons. The lowest BCUT2D eigenvalue weighted by atomic mass is 10.0. The van der Waals surface area contributed by atoms with Crippen LogP contribution in [0.2, 0.25) is 0 Å². The first-order valence-electron chi connectivity index (χ1n) is 7.45. The van der Waals surface area contributed by atoms with E-state index in [4.69, 9.17) is 0 Å². The third-order valence-electron chi connectivity index (χ3n) is 3.63. The van der Waals surface area contributed by atoms with Crippen molar-refractivity contribution in [3.05, 3.63) is 52.0 Å². The van der Waals surface area contributed by atoms with Crippen molar-refractivity contribution in [2.45, 2.75) is 27.7 Å². The monoisotopic (exact) mass is 328 g/mol. The van der Waals surface area contributed by atoms with E-state index in [9.17, 15) is 9.59 Å². The van der Waals surface area contributed by atoms with Crippen molar-refractivity contribution in [1.29, 1.82) is 0 Å². The lowest BCUT2D eigenvalue weighted by Gasteiger charge is -2.14.